The summed E-state index contributed by atoms with van der Waals surface area (Å²) in [5, 5.41) is 2.66. The minimum Gasteiger partial charge on any atom is -0.466 e. The lowest BCUT2D eigenvalue weighted by molar-refractivity contribution is -0.149. The van der Waals surface area contributed by atoms with E-state index < -0.39 is 5.91 Å². The molecule has 0 saturated carbocycles. The molecule has 0 aromatic rings. The maximum absolute atomic E-state index is 12.3. The largest absolute Gasteiger partial charge is 0.466 e. The van der Waals surface area contributed by atoms with E-state index >= 15 is 0 Å². The summed E-state index contributed by atoms with van der Waals surface area (Å²) in [6.45, 7) is 5.57. The molecule has 0 bridgehead atoms. The van der Waals surface area contributed by atoms with Crippen LogP contribution in [-0.4, -0.2) is 58.9 Å². The van der Waals surface area contributed by atoms with Crippen LogP contribution in [0.1, 0.15) is 26.7 Å². The SMILES string of the molecule is CCOC(=O)C1CCN(C=C2C(=O)NC(=S)N(CC)C2=O)CC1. The van der Waals surface area contributed by atoms with Gasteiger partial charge in [0.15, 0.2) is 5.11 Å². The second-order valence-electron chi connectivity index (χ2n) is 5.41. The van der Waals surface area contributed by atoms with Crippen molar-refractivity contribution in [1.82, 2.24) is 15.1 Å². The Labute approximate surface area is 140 Å². The molecule has 0 unspecified atom stereocenters. The van der Waals surface area contributed by atoms with Gasteiger partial charge in [-0.05, 0) is 38.9 Å². The number of rotatable bonds is 4. The van der Waals surface area contributed by atoms with Crippen LogP contribution in [0.25, 0.3) is 0 Å². The number of thiocarbonyl (C=S) groups is 1. The maximum Gasteiger partial charge on any atom is 0.309 e. The number of nitrogens with one attached hydrogen (secondary N) is 1. The van der Waals surface area contributed by atoms with Gasteiger partial charge in [-0.1, -0.05) is 0 Å². The molecule has 2 fully saturated rings. The number of piperidine rings is 1. The molecule has 0 spiro atoms. The van der Waals surface area contributed by atoms with E-state index in [9.17, 15) is 14.4 Å². The molecular formula is C15H21N3O4S. The first kappa shape index (κ1) is 17.4. The van der Waals surface area contributed by atoms with Gasteiger partial charge in [-0.25, -0.2) is 0 Å². The number of nitrogens with zero attached hydrogens (tertiary/aromatic N) is 2. The molecule has 0 atom stereocenters. The van der Waals surface area contributed by atoms with Gasteiger partial charge in [0.25, 0.3) is 11.8 Å². The molecule has 2 amide bonds. The van der Waals surface area contributed by atoms with Gasteiger partial charge in [-0.15, -0.1) is 0 Å². The first-order valence-electron chi connectivity index (χ1n) is 7.77. The molecule has 0 aromatic heterocycles. The third-order valence-electron chi connectivity index (χ3n) is 3.96. The highest BCUT2D eigenvalue weighted by molar-refractivity contribution is 7.80. The predicted molar refractivity (Wildman–Crippen MR) is 87.1 cm³/mol. The Morgan fingerprint density at radius 3 is 2.57 bits per heavy atom. The van der Waals surface area contributed by atoms with Crippen LogP contribution in [0.2, 0.25) is 0 Å². The van der Waals surface area contributed by atoms with E-state index in [4.69, 9.17) is 17.0 Å². The second kappa shape index (κ2) is 7.54. The van der Waals surface area contributed by atoms with Gasteiger partial charge in [0.05, 0.1) is 12.5 Å². The Bertz CT molecular complexity index is 553. The highest BCUT2D eigenvalue weighted by Gasteiger charge is 2.33. The molecule has 7 nitrogen and oxygen atoms in total. The second-order valence-corrected chi connectivity index (χ2v) is 5.80. The maximum atomic E-state index is 12.3. The van der Waals surface area contributed by atoms with Crippen molar-refractivity contribution in [3.05, 3.63) is 11.8 Å². The Morgan fingerprint density at radius 2 is 2.00 bits per heavy atom. The van der Waals surface area contributed by atoms with Crippen molar-refractivity contribution in [3.63, 3.8) is 0 Å². The fourth-order valence-corrected chi connectivity index (χ4v) is 2.98. The highest BCUT2D eigenvalue weighted by Crippen LogP contribution is 2.20. The normalized spacial score (nSPS) is 21.7. The summed E-state index contributed by atoms with van der Waals surface area (Å²) in [6.07, 6.45) is 2.87. The van der Waals surface area contributed by atoms with Crippen molar-refractivity contribution in [1.29, 1.82) is 0 Å². The van der Waals surface area contributed by atoms with Crippen LogP contribution < -0.4 is 5.32 Å². The number of hydrogen-bond acceptors (Lipinski definition) is 6. The van der Waals surface area contributed by atoms with Gasteiger partial charge in [-0.3, -0.25) is 24.6 Å². The number of likely N-dealkylation sites (tertiary alicyclic amines) is 1. The van der Waals surface area contributed by atoms with E-state index in [1.807, 2.05) is 4.90 Å². The van der Waals surface area contributed by atoms with Crippen LogP contribution in [0, 0.1) is 5.92 Å². The zero-order valence-corrected chi connectivity index (χ0v) is 14.1. The highest BCUT2D eigenvalue weighted by atomic mass is 32.1. The summed E-state index contributed by atoms with van der Waals surface area (Å²) in [5.41, 5.74) is 0.0787. The summed E-state index contributed by atoms with van der Waals surface area (Å²) in [7, 11) is 0. The lowest BCUT2D eigenvalue weighted by atomic mass is 9.97. The summed E-state index contributed by atoms with van der Waals surface area (Å²) in [4.78, 5) is 39.3. The standard InChI is InChI=1S/C15H21N3O4S/c1-3-18-13(20)11(12(19)16-15(18)23)9-17-7-5-10(6-8-17)14(21)22-4-2/h9-10H,3-8H2,1-2H3,(H,16,19,23). The minimum absolute atomic E-state index is 0.0787. The molecule has 2 heterocycles. The number of likely N-dealkylation sites (N-methyl/N-ethyl adjacent to an activating group) is 1. The van der Waals surface area contributed by atoms with Crippen molar-refractivity contribution >= 4 is 35.1 Å². The van der Waals surface area contributed by atoms with Crippen LogP contribution in [0.5, 0.6) is 0 Å². The number of carbonyl (C=O) groups is 3. The summed E-state index contributed by atoms with van der Waals surface area (Å²) < 4.78 is 5.03. The molecule has 0 aromatic carbocycles. The van der Waals surface area contributed by atoms with E-state index in [1.165, 1.54) is 4.90 Å². The predicted octanol–water partition coefficient (Wildman–Crippen LogP) is 0.409. The van der Waals surface area contributed by atoms with E-state index in [2.05, 4.69) is 5.32 Å². The Kier molecular flexibility index (Phi) is 5.70. The quantitative estimate of drug-likeness (QED) is 0.346. The third-order valence-corrected chi connectivity index (χ3v) is 4.29. The van der Waals surface area contributed by atoms with Crippen LogP contribution in [0.15, 0.2) is 11.8 Å². The van der Waals surface area contributed by atoms with Crippen LogP contribution in [0.4, 0.5) is 0 Å². The molecule has 8 heteroatoms. The van der Waals surface area contributed by atoms with Crippen molar-refractivity contribution in [2.75, 3.05) is 26.2 Å². The number of hydrogen-bond donors (Lipinski definition) is 1. The summed E-state index contributed by atoms with van der Waals surface area (Å²) in [6, 6.07) is 0. The van der Waals surface area contributed by atoms with Crippen LogP contribution in [0.3, 0.4) is 0 Å². The van der Waals surface area contributed by atoms with Gasteiger partial charge >= 0.3 is 5.97 Å². The Hall–Kier alpha value is -1.96. The molecule has 2 saturated heterocycles. The minimum atomic E-state index is -0.475. The Balaban J connectivity index is 2.02. The van der Waals surface area contributed by atoms with E-state index in [0.717, 1.165) is 0 Å². The first-order chi connectivity index (χ1) is 11.0. The molecule has 2 aliphatic heterocycles. The fourth-order valence-electron chi connectivity index (χ4n) is 2.67. The molecular weight excluding hydrogens is 318 g/mol. The molecule has 0 radical (unpaired) electrons. The van der Waals surface area contributed by atoms with Crippen molar-refractivity contribution in [2.24, 2.45) is 5.92 Å². The zero-order valence-electron chi connectivity index (χ0n) is 13.3. The topological polar surface area (TPSA) is 79.0 Å². The smallest absolute Gasteiger partial charge is 0.309 e. The molecule has 2 rings (SSSR count). The first-order valence-corrected chi connectivity index (χ1v) is 8.18. The average molecular weight is 339 g/mol. The molecule has 2 aliphatic rings. The number of amides is 2. The van der Waals surface area contributed by atoms with Crippen LogP contribution >= 0.6 is 12.2 Å². The summed E-state index contributed by atoms with van der Waals surface area (Å²) in [5.74, 6) is -1.14. The number of carbonyl (C=O) groups excluding carboxylic acids is 3. The lowest BCUT2D eigenvalue weighted by Gasteiger charge is -2.32. The van der Waals surface area contributed by atoms with E-state index in [-0.39, 0.29) is 28.5 Å². The van der Waals surface area contributed by atoms with E-state index in [1.54, 1.807) is 20.0 Å². The van der Waals surface area contributed by atoms with Crippen molar-refractivity contribution < 1.29 is 19.1 Å². The van der Waals surface area contributed by atoms with E-state index in [0.29, 0.717) is 39.1 Å². The van der Waals surface area contributed by atoms with Crippen molar-refractivity contribution in [2.45, 2.75) is 26.7 Å². The molecule has 0 aliphatic carbocycles. The Morgan fingerprint density at radius 1 is 1.35 bits per heavy atom. The third kappa shape index (κ3) is 3.87. The van der Waals surface area contributed by atoms with Crippen LogP contribution in [-0.2, 0) is 19.1 Å². The monoisotopic (exact) mass is 339 g/mol. The molecule has 23 heavy (non-hydrogen) atoms. The fraction of sp³-hybridized carbons (Fsp3) is 0.600. The van der Waals surface area contributed by atoms with Gasteiger partial charge in [-0.2, -0.15) is 0 Å². The lowest BCUT2D eigenvalue weighted by Crippen LogP contribution is -2.54. The molecule has 126 valence electrons. The van der Waals surface area contributed by atoms with Gasteiger partial charge in [0, 0.05) is 25.8 Å². The number of ether oxygens (including phenoxy) is 1. The van der Waals surface area contributed by atoms with Gasteiger partial charge in [0.2, 0.25) is 0 Å². The van der Waals surface area contributed by atoms with Gasteiger partial charge < -0.3 is 9.64 Å². The zero-order chi connectivity index (χ0) is 17.0. The average Bonchev–Trinajstić information content (AvgIpc) is 2.52. The number of esters is 1. The van der Waals surface area contributed by atoms with Gasteiger partial charge in [0.1, 0.15) is 5.57 Å². The molecule has 1 N–H and O–H groups in total. The summed E-state index contributed by atoms with van der Waals surface area (Å²) >= 11 is 4.99. The van der Waals surface area contributed by atoms with Crippen molar-refractivity contribution in [3.8, 4) is 0 Å².